The predicted octanol–water partition coefficient (Wildman–Crippen LogP) is 1.50. The van der Waals surface area contributed by atoms with E-state index in [1.54, 1.807) is 0 Å². The minimum absolute atomic E-state index is 0.688. The summed E-state index contributed by atoms with van der Waals surface area (Å²) in [7, 11) is 0. The lowest BCUT2D eigenvalue weighted by atomic mass is 10.2. The van der Waals surface area contributed by atoms with Crippen molar-refractivity contribution in [2.45, 2.75) is 0 Å². The van der Waals surface area contributed by atoms with Crippen molar-refractivity contribution in [2.24, 2.45) is 4.99 Å². The first-order chi connectivity index (χ1) is 5.47. The molecule has 0 N–H and O–H groups in total. The number of hydrogen-bond acceptors (Lipinski definition) is 2. The molecule has 1 aliphatic rings. The van der Waals surface area contributed by atoms with Gasteiger partial charge in [-0.3, -0.25) is 4.99 Å². The number of fused-ring (bicyclic) bond motifs is 1. The Kier molecular flexibility index (Phi) is 1.60. The van der Waals surface area contributed by atoms with Gasteiger partial charge >= 0.3 is 0 Å². The van der Waals surface area contributed by atoms with Gasteiger partial charge in [0.05, 0.1) is 6.54 Å². The molecule has 2 heteroatoms. The van der Waals surface area contributed by atoms with E-state index in [1.165, 1.54) is 0 Å². The maximum atomic E-state index is 5.42. The molecule has 0 spiro atoms. The summed E-state index contributed by atoms with van der Waals surface area (Å²) < 4.78 is 5.42. The van der Waals surface area contributed by atoms with Crippen molar-refractivity contribution in [1.29, 1.82) is 0 Å². The van der Waals surface area contributed by atoms with Crippen molar-refractivity contribution in [3.05, 3.63) is 29.8 Å². The van der Waals surface area contributed by atoms with Crippen LogP contribution in [0.4, 0.5) is 0 Å². The molecule has 0 saturated carbocycles. The minimum atomic E-state index is 0.688. The Morgan fingerprint density at radius 2 is 2.18 bits per heavy atom. The van der Waals surface area contributed by atoms with Crippen LogP contribution in [0, 0.1) is 0 Å². The van der Waals surface area contributed by atoms with E-state index in [2.05, 4.69) is 4.99 Å². The van der Waals surface area contributed by atoms with Crippen LogP contribution in [0.2, 0.25) is 0 Å². The van der Waals surface area contributed by atoms with E-state index in [4.69, 9.17) is 4.74 Å². The van der Waals surface area contributed by atoms with Gasteiger partial charge in [-0.15, -0.1) is 0 Å². The Labute approximate surface area is 65.5 Å². The molecule has 0 atom stereocenters. The van der Waals surface area contributed by atoms with Gasteiger partial charge in [-0.05, 0) is 12.1 Å². The summed E-state index contributed by atoms with van der Waals surface area (Å²) >= 11 is 0. The Bertz CT molecular complexity index is 281. The smallest absolute Gasteiger partial charge is 0.128 e. The third kappa shape index (κ3) is 1.24. The van der Waals surface area contributed by atoms with Gasteiger partial charge in [-0.25, -0.2) is 0 Å². The van der Waals surface area contributed by atoms with Crippen LogP contribution < -0.4 is 4.74 Å². The molecule has 0 fully saturated rings. The van der Waals surface area contributed by atoms with Gasteiger partial charge in [0.15, 0.2) is 0 Å². The largest absolute Gasteiger partial charge is 0.491 e. The Balaban J connectivity index is 2.45. The van der Waals surface area contributed by atoms with Crippen molar-refractivity contribution < 1.29 is 4.74 Å². The number of para-hydroxylation sites is 1. The van der Waals surface area contributed by atoms with Crippen LogP contribution in [0.15, 0.2) is 29.3 Å². The van der Waals surface area contributed by atoms with Crippen LogP contribution in [-0.2, 0) is 0 Å². The normalized spacial score (nSPS) is 14.9. The Morgan fingerprint density at radius 1 is 1.27 bits per heavy atom. The van der Waals surface area contributed by atoms with E-state index in [1.807, 2.05) is 30.5 Å². The van der Waals surface area contributed by atoms with Crippen LogP contribution >= 0.6 is 0 Å². The molecular weight excluding hydrogens is 138 g/mol. The third-order valence-corrected chi connectivity index (χ3v) is 1.63. The average molecular weight is 147 g/mol. The fraction of sp³-hybridized carbons (Fsp3) is 0.222. The molecular formula is C9H9NO. The minimum Gasteiger partial charge on any atom is -0.491 e. The maximum absolute atomic E-state index is 5.42. The first kappa shape index (κ1) is 6.40. The summed E-state index contributed by atoms with van der Waals surface area (Å²) in [5.74, 6) is 0.939. The number of benzene rings is 1. The summed E-state index contributed by atoms with van der Waals surface area (Å²) in [4.78, 5) is 4.16. The molecule has 56 valence electrons. The standard InChI is InChI=1S/C9H9NO/c1-2-4-9-8(3-1)7-10-5-6-11-9/h1-4,7H,5-6H2. The number of aliphatic imine (C=N–C) groups is 1. The van der Waals surface area contributed by atoms with Crippen LogP contribution in [0.25, 0.3) is 0 Å². The van der Waals surface area contributed by atoms with Crippen LogP contribution in [-0.4, -0.2) is 19.4 Å². The van der Waals surface area contributed by atoms with Crippen molar-refractivity contribution in [3.63, 3.8) is 0 Å². The van der Waals surface area contributed by atoms with Gasteiger partial charge < -0.3 is 4.74 Å². The molecule has 1 aliphatic heterocycles. The second-order valence-electron chi connectivity index (χ2n) is 2.42. The van der Waals surface area contributed by atoms with Crippen molar-refractivity contribution >= 4 is 6.21 Å². The Morgan fingerprint density at radius 3 is 3.18 bits per heavy atom. The summed E-state index contributed by atoms with van der Waals surface area (Å²) in [6, 6.07) is 7.92. The van der Waals surface area contributed by atoms with E-state index in [0.717, 1.165) is 17.9 Å². The zero-order valence-corrected chi connectivity index (χ0v) is 6.16. The number of rotatable bonds is 0. The molecule has 0 radical (unpaired) electrons. The maximum Gasteiger partial charge on any atom is 0.128 e. The molecule has 2 nitrogen and oxygen atoms in total. The summed E-state index contributed by atoms with van der Waals surface area (Å²) in [6.07, 6.45) is 1.86. The monoisotopic (exact) mass is 147 g/mol. The molecule has 0 saturated heterocycles. The Hall–Kier alpha value is -1.31. The van der Waals surface area contributed by atoms with E-state index in [9.17, 15) is 0 Å². The lowest BCUT2D eigenvalue weighted by Gasteiger charge is -2.02. The lowest BCUT2D eigenvalue weighted by molar-refractivity contribution is 0.331. The van der Waals surface area contributed by atoms with E-state index >= 15 is 0 Å². The van der Waals surface area contributed by atoms with E-state index in [-0.39, 0.29) is 0 Å². The summed E-state index contributed by atoms with van der Waals surface area (Å²) in [5, 5.41) is 0. The van der Waals surface area contributed by atoms with Gasteiger partial charge in [0.1, 0.15) is 12.4 Å². The molecule has 11 heavy (non-hydrogen) atoms. The highest BCUT2D eigenvalue weighted by Gasteiger charge is 2.01. The average Bonchev–Trinajstić information content (AvgIpc) is 2.28. The topological polar surface area (TPSA) is 21.6 Å². The number of nitrogens with zero attached hydrogens (tertiary/aromatic N) is 1. The van der Waals surface area contributed by atoms with Crippen LogP contribution in [0.5, 0.6) is 5.75 Å². The first-order valence-corrected chi connectivity index (χ1v) is 3.68. The molecule has 1 aromatic rings. The zero-order chi connectivity index (χ0) is 7.52. The molecule has 1 aromatic carbocycles. The predicted molar refractivity (Wildman–Crippen MR) is 44.4 cm³/mol. The molecule has 0 aromatic heterocycles. The fourth-order valence-corrected chi connectivity index (χ4v) is 1.09. The number of hydrogen-bond donors (Lipinski definition) is 0. The molecule has 2 rings (SSSR count). The SMILES string of the molecule is C1=NCCOc2ccccc21. The summed E-state index contributed by atoms with van der Waals surface area (Å²) in [5.41, 5.74) is 1.07. The van der Waals surface area contributed by atoms with Crippen molar-refractivity contribution in [3.8, 4) is 5.75 Å². The molecule has 1 heterocycles. The highest BCUT2D eigenvalue weighted by Crippen LogP contribution is 2.16. The van der Waals surface area contributed by atoms with Crippen LogP contribution in [0.3, 0.4) is 0 Å². The van der Waals surface area contributed by atoms with Gasteiger partial charge in [-0.1, -0.05) is 12.1 Å². The van der Waals surface area contributed by atoms with E-state index < -0.39 is 0 Å². The molecule has 0 aliphatic carbocycles. The van der Waals surface area contributed by atoms with Crippen LogP contribution in [0.1, 0.15) is 5.56 Å². The fourth-order valence-electron chi connectivity index (χ4n) is 1.09. The highest BCUT2D eigenvalue weighted by molar-refractivity contribution is 5.83. The van der Waals surface area contributed by atoms with Crippen molar-refractivity contribution in [2.75, 3.05) is 13.2 Å². The first-order valence-electron chi connectivity index (χ1n) is 3.68. The zero-order valence-electron chi connectivity index (χ0n) is 6.16. The van der Waals surface area contributed by atoms with E-state index in [0.29, 0.717) is 6.61 Å². The summed E-state index contributed by atoms with van der Waals surface area (Å²) in [6.45, 7) is 1.45. The third-order valence-electron chi connectivity index (χ3n) is 1.63. The second-order valence-corrected chi connectivity index (χ2v) is 2.42. The highest BCUT2D eigenvalue weighted by atomic mass is 16.5. The molecule has 0 unspecified atom stereocenters. The lowest BCUT2D eigenvalue weighted by Crippen LogP contribution is -1.98. The van der Waals surface area contributed by atoms with Gasteiger partial charge in [0.2, 0.25) is 0 Å². The van der Waals surface area contributed by atoms with Crippen molar-refractivity contribution in [1.82, 2.24) is 0 Å². The number of ether oxygens (including phenoxy) is 1. The molecule has 0 bridgehead atoms. The van der Waals surface area contributed by atoms with Gasteiger partial charge in [-0.2, -0.15) is 0 Å². The van der Waals surface area contributed by atoms with Gasteiger partial charge in [0, 0.05) is 11.8 Å². The quantitative estimate of drug-likeness (QED) is 0.545. The van der Waals surface area contributed by atoms with Gasteiger partial charge in [0.25, 0.3) is 0 Å². The second kappa shape index (κ2) is 2.74. The molecule has 0 amide bonds.